The van der Waals surface area contributed by atoms with Crippen molar-refractivity contribution in [1.82, 2.24) is 9.55 Å². The minimum Gasteiger partial charge on any atom is -0.491 e. The van der Waals surface area contributed by atoms with Crippen molar-refractivity contribution >= 4 is 12.4 Å². The van der Waals surface area contributed by atoms with Crippen LogP contribution in [0.5, 0.6) is 5.75 Å². The molecule has 0 radical (unpaired) electrons. The van der Waals surface area contributed by atoms with Crippen LogP contribution in [0.2, 0.25) is 0 Å². The fourth-order valence-electron chi connectivity index (χ4n) is 2.23. The SMILES string of the molecule is C=CCc1cc(C)cc(C)c1OCCn1ccnc1.Cl. The first-order valence-corrected chi connectivity index (χ1v) is 6.50. The lowest BCUT2D eigenvalue weighted by atomic mass is 10.0. The molecule has 1 heterocycles. The summed E-state index contributed by atoms with van der Waals surface area (Å²) in [5, 5.41) is 0. The van der Waals surface area contributed by atoms with Crippen molar-refractivity contribution in [3.63, 3.8) is 0 Å². The minimum absolute atomic E-state index is 0. The van der Waals surface area contributed by atoms with E-state index in [2.05, 4.69) is 37.5 Å². The summed E-state index contributed by atoms with van der Waals surface area (Å²) in [5.74, 6) is 0.991. The van der Waals surface area contributed by atoms with Gasteiger partial charge < -0.3 is 9.30 Å². The van der Waals surface area contributed by atoms with E-state index in [0.29, 0.717) is 6.61 Å². The number of hydrogen-bond acceptors (Lipinski definition) is 2. The Morgan fingerprint density at radius 3 is 2.80 bits per heavy atom. The second kappa shape index (κ2) is 7.75. The predicted octanol–water partition coefficient (Wildman–Crippen LogP) is 3.73. The molecular formula is C16H21ClN2O. The number of rotatable bonds is 6. The third-order valence-corrected chi connectivity index (χ3v) is 3.02. The van der Waals surface area contributed by atoms with E-state index in [4.69, 9.17) is 4.74 Å². The van der Waals surface area contributed by atoms with Crippen LogP contribution < -0.4 is 4.74 Å². The molecule has 20 heavy (non-hydrogen) atoms. The van der Waals surface area contributed by atoms with Crippen molar-refractivity contribution in [2.75, 3.05) is 6.61 Å². The molecule has 0 aliphatic rings. The molecule has 2 aromatic rings. The smallest absolute Gasteiger partial charge is 0.125 e. The topological polar surface area (TPSA) is 27.1 Å². The van der Waals surface area contributed by atoms with Crippen LogP contribution in [-0.4, -0.2) is 16.2 Å². The third-order valence-electron chi connectivity index (χ3n) is 3.02. The minimum atomic E-state index is 0. The van der Waals surface area contributed by atoms with Crippen LogP contribution in [-0.2, 0) is 13.0 Å². The van der Waals surface area contributed by atoms with Crippen LogP contribution >= 0.6 is 12.4 Å². The van der Waals surface area contributed by atoms with Gasteiger partial charge in [0.1, 0.15) is 12.4 Å². The summed E-state index contributed by atoms with van der Waals surface area (Å²) in [6.07, 6.45) is 8.27. The quantitative estimate of drug-likeness (QED) is 0.759. The molecule has 0 aliphatic heterocycles. The second-order valence-corrected chi connectivity index (χ2v) is 4.71. The van der Waals surface area contributed by atoms with Gasteiger partial charge in [-0.2, -0.15) is 0 Å². The summed E-state index contributed by atoms with van der Waals surface area (Å²) in [7, 11) is 0. The molecule has 0 saturated carbocycles. The molecule has 0 N–H and O–H groups in total. The first kappa shape index (κ1) is 16.3. The molecular weight excluding hydrogens is 272 g/mol. The normalized spacial score (nSPS) is 9.90. The van der Waals surface area contributed by atoms with Crippen molar-refractivity contribution in [3.8, 4) is 5.75 Å². The maximum Gasteiger partial charge on any atom is 0.125 e. The van der Waals surface area contributed by atoms with Crippen molar-refractivity contribution in [2.45, 2.75) is 26.8 Å². The molecule has 0 spiro atoms. The zero-order valence-electron chi connectivity index (χ0n) is 12.0. The molecule has 0 atom stereocenters. The number of allylic oxidation sites excluding steroid dienone is 1. The van der Waals surface area contributed by atoms with Gasteiger partial charge in [0.15, 0.2) is 0 Å². The number of halogens is 1. The summed E-state index contributed by atoms with van der Waals surface area (Å²) < 4.78 is 7.96. The number of nitrogens with zero attached hydrogens (tertiary/aromatic N) is 2. The average Bonchev–Trinajstić information content (AvgIpc) is 2.86. The first-order valence-electron chi connectivity index (χ1n) is 6.50. The second-order valence-electron chi connectivity index (χ2n) is 4.71. The number of hydrogen-bond donors (Lipinski definition) is 0. The molecule has 108 valence electrons. The lowest BCUT2D eigenvalue weighted by molar-refractivity contribution is 0.294. The monoisotopic (exact) mass is 292 g/mol. The van der Waals surface area contributed by atoms with Gasteiger partial charge in [-0.15, -0.1) is 19.0 Å². The number of aryl methyl sites for hydroxylation is 2. The highest BCUT2D eigenvalue weighted by Gasteiger charge is 2.07. The fourth-order valence-corrected chi connectivity index (χ4v) is 2.23. The van der Waals surface area contributed by atoms with E-state index >= 15 is 0 Å². The summed E-state index contributed by atoms with van der Waals surface area (Å²) in [6.45, 7) is 9.45. The van der Waals surface area contributed by atoms with Crippen molar-refractivity contribution in [3.05, 3.63) is 60.2 Å². The van der Waals surface area contributed by atoms with Gasteiger partial charge in [0.2, 0.25) is 0 Å². The number of imidazole rings is 1. The van der Waals surface area contributed by atoms with Gasteiger partial charge in [0.05, 0.1) is 12.9 Å². The molecule has 3 nitrogen and oxygen atoms in total. The zero-order chi connectivity index (χ0) is 13.7. The van der Waals surface area contributed by atoms with Crippen molar-refractivity contribution in [1.29, 1.82) is 0 Å². The number of benzene rings is 1. The Kier molecular flexibility index (Phi) is 6.32. The summed E-state index contributed by atoms with van der Waals surface area (Å²) in [4.78, 5) is 4.02. The van der Waals surface area contributed by atoms with Gasteiger partial charge in [-0.05, 0) is 31.4 Å². The standard InChI is InChI=1S/C16H20N2O.ClH/c1-4-5-15-11-13(2)10-14(3)16(15)19-9-8-18-7-6-17-12-18;/h4,6-7,10-12H,1,5,8-9H2,2-3H3;1H. The van der Waals surface area contributed by atoms with Crippen LogP contribution in [0.25, 0.3) is 0 Å². The van der Waals surface area contributed by atoms with Crippen LogP contribution in [0.15, 0.2) is 43.5 Å². The van der Waals surface area contributed by atoms with Crippen molar-refractivity contribution in [2.24, 2.45) is 0 Å². The molecule has 1 aromatic carbocycles. The van der Waals surface area contributed by atoms with E-state index in [-0.39, 0.29) is 12.4 Å². The molecule has 0 fully saturated rings. The van der Waals surface area contributed by atoms with Crippen molar-refractivity contribution < 1.29 is 4.74 Å². The Labute approximate surface area is 126 Å². The predicted molar refractivity (Wildman–Crippen MR) is 84.8 cm³/mol. The summed E-state index contributed by atoms with van der Waals surface area (Å²) >= 11 is 0. The van der Waals surface area contributed by atoms with E-state index in [1.165, 1.54) is 16.7 Å². The molecule has 4 heteroatoms. The van der Waals surface area contributed by atoms with E-state index in [9.17, 15) is 0 Å². The first-order chi connectivity index (χ1) is 9.20. The number of aromatic nitrogens is 2. The molecule has 2 rings (SSSR count). The zero-order valence-corrected chi connectivity index (χ0v) is 12.8. The molecule has 1 aromatic heterocycles. The molecule has 0 unspecified atom stereocenters. The van der Waals surface area contributed by atoms with E-state index in [0.717, 1.165) is 18.7 Å². The van der Waals surface area contributed by atoms with Gasteiger partial charge in [-0.1, -0.05) is 23.8 Å². The Hall–Kier alpha value is -1.74. The van der Waals surface area contributed by atoms with E-state index in [1.54, 1.807) is 12.5 Å². The molecule has 0 saturated heterocycles. The van der Waals surface area contributed by atoms with Crippen LogP contribution in [0.1, 0.15) is 16.7 Å². The molecule has 0 bridgehead atoms. The van der Waals surface area contributed by atoms with Gasteiger partial charge >= 0.3 is 0 Å². The van der Waals surface area contributed by atoms with Gasteiger partial charge in [-0.3, -0.25) is 0 Å². The lowest BCUT2D eigenvalue weighted by Gasteiger charge is -2.14. The van der Waals surface area contributed by atoms with Gasteiger partial charge in [-0.25, -0.2) is 4.98 Å². The Bertz CT molecular complexity index is 550. The summed E-state index contributed by atoms with van der Waals surface area (Å²) in [6, 6.07) is 4.32. The van der Waals surface area contributed by atoms with Crippen LogP contribution in [0, 0.1) is 13.8 Å². The van der Waals surface area contributed by atoms with Crippen LogP contribution in [0.3, 0.4) is 0 Å². The summed E-state index contributed by atoms with van der Waals surface area (Å²) in [5.41, 5.74) is 3.65. The third kappa shape index (κ3) is 4.14. The Morgan fingerprint density at radius 1 is 1.35 bits per heavy atom. The lowest BCUT2D eigenvalue weighted by Crippen LogP contribution is -2.08. The molecule has 0 amide bonds. The highest BCUT2D eigenvalue weighted by Crippen LogP contribution is 2.26. The largest absolute Gasteiger partial charge is 0.491 e. The van der Waals surface area contributed by atoms with Crippen LogP contribution in [0.4, 0.5) is 0 Å². The van der Waals surface area contributed by atoms with E-state index < -0.39 is 0 Å². The number of ether oxygens (including phenoxy) is 1. The Balaban J connectivity index is 0.00000200. The van der Waals surface area contributed by atoms with Gasteiger partial charge in [0, 0.05) is 12.4 Å². The maximum atomic E-state index is 5.95. The highest BCUT2D eigenvalue weighted by atomic mass is 35.5. The highest BCUT2D eigenvalue weighted by molar-refractivity contribution is 5.85. The Morgan fingerprint density at radius 2 is 2.15 bits per heavy atom. The maximum absolute atomic E-state index is 5.95. The average molecular weight is 293 g/mol. The molecule has 0 aliphatic carbocycles. The van der Waals surface area contributed by atoms with E-state index in [1.807, 2.05) is 16.8 Å². The van der Waals surface area contributed by atoms with Gasteiger partial charge in [0.25, 0.3) is 0 Å². The fraction of sp³-hybridized carbons (Fsp3) is 0.312.